The topological polar surface area (TPSA) is 105 Å². The fourth-order valence-electron chi connectivity index (χ4n) is 2.28. The van der Waals surface area contributed by atoms with Crippen LogP contribution >= 0.6 is 11.6 Å². The van der Waals surface area contributed by atoms with Gasteiger partial charge in [-0.05, 0) is 29.8 Å². The third-order valence-electron chi connectivity index (χ3n) is 3.40. The lowest BCUT2D eigenvalue weighted by molar-refractivity contribution is -0.119. The molecule has 0 unspecified atom stereocenters. The monoisotopic (exact) mass is 376 g/mol. The highest BCUT2D eigenvalue weighted by molar-refractivity contribution is 6.33. The van der Waals surface area contributed by atoms with Gasteiger partial charge in [0.05, 0.1) is 22.7 Å². The number of hydrogen-bond donors (Lipinski definition) is 3. The Morgan fingerprint density at radius 3 is 2.50 bits per heavy atom. The molecule has 0 heterocycles. The quantitative estimate of drug-likeness (QED) is 0.689. The highest BCUT2D eigenvalue weighted by Crippen LogP contribution is 2.26. The molecule has 7 nitrogen and oxygen atoms in total. The molecular formula is C18H17ClN2O5. The Hall–Kier alpha value is -2.90. The number of carbonyl (C=O) groups excluding carboxylic acids is 2. The zero-order chi connectivity index (χ0) is 19.1. The third kappa shape index (κ3) is 5.30. The number of benzene rings is 2. The minimum atomic E-state index is -1.10. The van der Waals surface area contributed by atoms with E-state index < -0.39 is 11.9 Å². The first-order valence-corrected chi connectivity index (χ1v) is 7.98. The van der Waals surface area contributed by atoms with Crippen LogP contribution in [0.1, 0.15) is 15.9 Å². The molecule has 0 saturated heterocycles. The fraction of sp³-hybridized carbons (Fsp3) is 0.167. The second-order valence-corrected chi connectivity index (χ2v) is 5.77. The van der Waals surface area contributed by atoms with Gasteiger partial charge in [0.25, 0.3) is 0 Å². The van der Waals surface area contributed by atoms with Gasteiger partial charge in [0.1, 0.15) is 6.61 Å². The van der Waals surface area contributed by atoms with Gasteiger partial charge in [0.15, 0.2) is 0 Å². The average molecular weight is 377 g/mol. The average Bonchev–Trinajstić information content (AvgIpc) is 2.58. The number of aromatic carboxylic acids is 1. The Morgan fingerprint density at radius 1 is 1.08 bits per heavy atom. The molecule has 26 heavy (non-hydrogen) atoms. The highest BCUT2D eigenvalue weighted by Gasteiger charge is 2.14. The van der Waals surface area contributed by atoms with Gasteiger partial charge in [0, 0.05) is 12.8 Å². The number of hydrogen-bond acceptors (Lipinski definition) is 4. The lowest BCUT2D eigenvalue weighted by Gasteiger charge is -2.11. The lowest BCUT2D eigenvalue weighted by atomic mass is 10.0. The van der Waals surface area contributed by atoms with E-state index in [-0.39, 0.29) is 29.5 Å². The van der Waals surface area contributed by atoms with Crippen molar-refractivity contribution in [3.05, 3.63) is 58.6 Å². The van der Waals surface area contributed by atoms with E-state index in [1.165, 1.54) is 25.3 Å². The number of methoxy groups -OCH3 is 1. The SMILES string of the molecule is COCC(=O)Nc1ccc(Cl)c(NC(=O)Cc2ccccc2C(=O)O)c1. The molecule has 2 aromatic carbocycles. The van der Waals surface area contributed by atoms with Gasteiger partial charge >= 0.3 is 5.97 Å². The van der Waals surface area contributed by atoms with Crippen LogP contribution in [0, 0.1) is 0 Å². The van der Waals surface area contributed by atoms with Crippen LogP contribution in [-0.4, -0.2) is 36.6 Å². The van der Waals surface area contributed by atoms with Crippen LogP contribution < -0.4 is 10.6 Å². The molecule has 0 radical (unpaired) electrons. The molecule has 0 saturated carbocycles. The Balaban J connectivity index is 2.11. The molecule has 0 aliphatic rings. The van der Waals surface area contributed by atoms with Crippen molar-refractivity contribution < 1.29 is 24.2 Å². The molecule has 2 amide bonds. The van der Waals surface area contributed by atoms with Gasteiger partial charge in [-0.15, -0.1) is 0 Å². The minimum absolute atomic E-state index is 0.0642. The summed E-state index contributed by atoms with van der Waals surface area (Å²) in [4.78, 5) is 35.0. The van der Waals surface area contributed by atoms with E-state index in [2.05, 4.69) is 10.6 Å². The first-order chi connectivity index (χ1) is 12.4. The number of anilines is 2. The summed E-state index contributed by atoms with van der Waals surface area (Å²) in [7, 11) is 1.40. The number of ether oxygens (including phenoxy) is 1. The van der Waals surface area contributed by atoms with E-state index in [0.717, 1.165) is 0 Å². The largest absolute Gasteiger partial charge is 0.478 e. The second-order valence-electron chi connectivity index (χ2n) is 5.36. The van der Waals surface area contributed by atoms with Crippen LogP contribution in [0.5, 0.6) is 0 Å². The van der Waals surface area contributed by atoms with Gasteiger partial charge in [-0.1, -0.05) is 29.8 Å². The van der Waals surface area contributed by atoms with E-state index in [0.29, 0.717) is 16.9 Å². The van der Waals surface area contributed by atoms with Gasteiger partial charge in [0.2, 0.25) is 11.8 Å². The molecule has 0 atom stereocenters. The molecule has 8 heteroatoms. The lowest BCUT2D eigenvalue weighted by Crippen LogP contribution is -2.18. The van der Waals surface area contributed by atoms with Gasteiger partial charge < -0.3 is 20.5 Å². The molecule has 0 aliphatic heterocycles. The Labute approximate surface area is 154 Å². The van der Waals surface area contributed by atoms with Gasteiger partial charge in [-0.25, -0.2) is 4.79 Å². The fourth-order valence-corrected chi connectivity index (χ4v) is 2.44. The number of nitrogens with one attached hydrogen (secondary N) is 2. The van der Waals surface area contributed by atoms with Crippen molar-refractivity contribution in [3.63, 3.8) is 0 Å². The number of amides is 2. The van der Waals surface area contributed by atoms with Crippen molar-refractivity contribution >= 4 is 40.8 Å². The Kier molecular flexibility index (Phi) is 6.71. The number of rotatable bonds is 7. The molecule has 0 aliphatic carbocycles. The Bertz CT molecular complexity index is 838. The van der Waals surface area contributed by atoms with Crippen molar-refractivity contribution in [2.24, 2.45) is 0 Å². The van der Waals surface area contributed by atoms with Crippen LogP contribution in [0.3, 0.4) is 0 Å². The standard InChI is InChI=1S/C18H17ClN2O5/c1-26-10-17(23)20-12-6-7-14(19)15(9-12)21-16(22)8-11-4-2-3-5-13(11)18(24)25/h2-7,9H,8,10H2,1H3,(H,20,23)(H,21,22)(H,24,25). The molecule has 0 spiro atoms. The van der Waals surface area contributed by atoms with Crippen LogP contribution in [0.25, 0.3) is 0 Å². The summed E-state index contributed by atoms with van der Waals surface area (Å²) in [5, 5.41) is 14.7. The summed E-state index contributed by atoms with van der Waals surface area (Å²) in [6.45, 7) is -0.101. The molecule has 0 aromatic heterocycles. The van der Waals surface area contributed by atoms with Crippen LogP contribution in [0.2, 0.25) is 5.02 Å². The zero-order valence-corrected chi connectivity index (χ0v) is 14.7. The first kappa shape index (κ1) is 19.4. The number of carboxylic acid groups (broad SMARTS) is 1. The summed E-state index contributed by atoms with van der Waals surface area (Å²) in [5.74, 6) is -1.88. The smallest absolute Gasteiger partial charge is 0.335 e. The van der Waals surface area contributed by atoms with Crippen molar-refractivity contribution in [2.75, 3.05) is 24.4 Å². The van der Waals surface area contributed by atoms with Gasteiger partial charge in [-0.2, -0.15) is 0 Å². The van der Waals surface area contributed by atoms with Crippen molar-refractivity contribution in [2.45, 2.75) is 6.42 Å². The van der Waals surface area contributed by atoms with E-state index >= 15 is 0 Å². The molecule has 2 rings (SSSR count). The normalized spacial score (nSPS) is 10.2. The zero-order valence-electron chi connectivity index (χ0n) is 13.9. The number of carbonyl (C=O) groups is 3. The summed E-state index contributed by atoms with van der Waals surface area (Å²) in [5.41, 5.74) is 1.20. The molecule has 2 aromatic rings. The van der Waals surface area contributed by atoms with Crippen LogP contribution in [0.15, 0.2) is 42.5 Å². The highest BCUT2D eigenvalue weighted by atomic mass is 35.5. The number of carboxylic acids is 1. The maximum Gasteiger partial charge on any atom is 0.335 e. The van der Waals surface area contributed by atoms with Crippen LogP contribution in [0.4, 0.5) is 11.4 Å². The van der Waals surface area contributed by atoms with E-state index in [4.69, 9.17) is 16.3 Å². The van der Waals surface area contributed by atoms with Crippen molar-refractivity contribution in [3.8, 4) is 0 Å². The second kappa shape index (κ2) is 8.98. The van der Waals surface area contributed by atoms with Gasteiger partial charge in [-0.3, -0.25) is 9.59 Å². The molecular weight excluding hydrogens is 360 g/mol. The molecule has 3 N–H and O–H groups in total. The summed E-state index contributed by atoms with van der Waals surface area (Å²) in [6, 6.07) is 10.9. The summed E-state index contributed by atoms with van der Waals surface area (Å²) >= 11 is 6.08. The van der Waals surface area contributed by atoms with Crippen molar-refractivity contribution in [1.29, 1.82) is 0 Å². The third-order valence-corrected chi connectivity index (χ3v) is 3.73. The maximum atomic E-state index is 12.3. The maximum absolute atomic E-state index is 12.3. The first-order valence-electron chi connectivity index (χ1n) is 7.60. The van der Waals surface area contributed by atoms with E-state index in [9.17, 15) is 19.5 Å². The van der Waals surface area contributed by atoms with Crippen molar-refractivity contribution in [1.82, 2.24) is 0 Å². The predicted octanol–water partition coefficient (Wildman–Crippen LogP) is 2.80. The van der Waals surface area contributed by atoms with Crippen LogP contribution in [-0.2, 0) is 20.7 Å². The summed E-state index contributed by atoms with van der Waals surface area (Å²) in [6.07, 6.45) is -0.126. The molecule has 136 valence electrons. The minimum Gasteiger partial charge on any atom is -0.478 e. The number of halogens is 1. The van der Waals surface area contributed by atoms with E-state index in [1.54, 1.807) is 24.3 Å². The predicted molar refractivity (Wildman–Crippen MR) is 97.7 cm³/mol. The van der Waals surface area contributed by atoms with E-state index in [1.807, 2.05) is 0 Å². The summed E-state index contributed by atoms with van der Waals surface area (Å²) < 4.78 is 4.74. The molecule has 0 bridgehead atoms. The molecule has 0 fully saturated rings. The Morgan fingerprint density at radius 2 is 1.81 bits per heavy atom.